The van der Waals surface area contributed by atoms with E-state index in [9.17, 15) is 4.79 Å². The SMILES string of the molecule is CCN(C)/C=N\c1cc(C)c(C(=O)COc2ccc(C)cc2)cc1C. The summed E-state index contributed by atoms with van der Waals surface area (Å²) in [6.45, 7) is 8.92. The molecule has 0 unspecified atom stereocenters. The van der Waals surface area contributed by atoms with E-state index in [1.807, 2.05) is 75.5 Å². The smallest absolute Gasteiger partial charge is 0.200 e. The number of hydrogen-bond acceptors (Lipinski definition) is 3. The predicted octanol–water partition coefficient (Wildman–Crippen LogP) is 4.49. The summed E-state index contributed by atoms with van der Waals surface area (Å²) in [7, 11) is 1.98. The van der Waals surface area contributed by atoms with Crippen molar-refractivity contribution in [2.75, 3.05) is 20.2 Å². The van der Waals surface area contributed by atoms with E-state index < -0.39 is 0 Å². The highest BCUT2D eigenvalue weighted by molar-refractivity contribution is 5.99. The second-order valence-electron chi connectivity index (χ2n) is 6.30. The molecule has 0 radical (unpaired) electrons. The Hall–Kier alpha value is -2.62. The van der Waals surface area contributed by atoms with E-state index in [4.69, 9.17) is 4.74 Å². The Morgan fingerprint density at radius 1 is 1.12 bits per heavy atom. The number of ketones is 1. The highest BCUT2D eigenvalue weighted by Crippen LogP contribution is 2.24. The fraction of sp³-hybridized carbons (Fsp3) is 0.333. The molecule has 0 N–H and O–H groups in total. The van der Waals surface area contributed by atoms with Gasteiger partial charge in [-0.2, -0.15) is 0 Å². The molecule has 2 aromatic rings. The van der Waals surface area contributed by atoms with Crippen LogP contribution in [0.3, 0.4) is 0 Å². The number of rotatable bonds is 7. The Morgan fingerprint density at radius 3 is 2.44 bits per heavy atom. The zero-order chi connectivity index (χ0) is 18.4. The van der Waals surface area contributed by atoms with Crippen LogP contribution in [0.1, 0.15) is 34.0 Å². The van der Waals surface area contributed by atoms with Crippen molar-refractivity contribution in [3.8, 4) is 5.75 Å². The van der Waals surface area contributed by atoms with Crippen molar-refractivity contribution >= 4 is 17.8 Å². The van der Waals surface area contributed by atoms with Crippen LogP contribution in [-0.2, 0) is 0 Å². The van der Waals surface area contributed by atoms with Gasteiger partial charge < -0.3 is 9.64 Å². The van der Waals surface area contributed by atoms with E-state index in [0.717, 1.165) is 28.9 Å². The highest BCUT2D eigenvalue weighted by Gasteiger charge is 2.12. The van der Waals surface area contributed by atoms with Gasteiger partial charge >= 0.3 is 0 Å². The third-order valence-corrected chi connectivity index (χ3v) is 4.13. The quantitative estimate of drug-likeness (QED) is 0.424. The lowest BCUT2D eigenvalue weighted by Crippen LogP contribution is -2.14. The summed E-state index contributed by atoms with van der Waals surface area (Å²) in [4.78, 5) is 19.0. The van der Waals surface area contributed by atoms with Crippen LogP contribution in [0.15, 0.2) is 41.4 Å². The predicted molar refractivity (Wildman–Crippen MR) is 103 cm³/mol. The molecule has 0 aliphatic heterocycles. The Kier molecular flexibility index (Phi) is 6.34. The van der Waals surface area contributed by atoms with Gasteiger partial charge in [-0.1, -0.05) is 17.7 Å². The van der Waals surface area contributed by atoms with Crippen molar-refractivity contribution in [1.82, 2.24) is 4.90 Å². The van der Waals surface area contributed by atoms with Crippen molar-refractivity contribution < 1.29 is 9.53 Å². The largest absolute Gasteiger partial charge is 0.485 e. The van der Waals surface area contributed by atoms with Crippen LogP contribution in [0.4, 0.5) is 5.69 Å². The zero-order valence-electron chi connectivity index (χ0n) is 15.7. The van der Waals surface area contributed by atoms with Gasteiger partial charge in [-0.3, -0.25) is 4.79 Å². The maximum Gasteiger partial charge on any atom is 0.200 e. The van der Waals surface area contributed by atoms with E-state index in [1.165, 1.54) is 0 Å². The van der Waals surface area contributed by atoms with Crippen molar-refractivity contribution in [3.05, 3.63) is 58.7 Å². The molecular weight excluding hydrogens is 312 g/mol. The number of Topliss-reactive ketones (excluding diaryl/α,β-unsaturated/α-hetero) is 1. The molecule has 0 heterocycles. The fourth-order valence-electron chi connectivity index (χ4n) is 2.34. The van der Waals surface area contributed by atoms with Crippen LogP contribution >= 0.6 is 0 Å². The standard InChI is InChI=1S/C21H26N2O2/c1-6-23(5)14-22-20-12-16(3)19(11-17(20)4)21(24)13-25-18-9-7-15(2)8-10-18/h7-12,14H,6,13H2,1-5H3/b22-14-. The number of ether oxygens (including phenoxy) is 1. The van der Waals surface area contributed by atoms with Gasteiger partial charge in [0.25, 0.3) is 0 Å². The molecule has 0 spiro atoms. The monoisotopic (exact) mass is 338 g/mol. The molecule has 0 bridgehead atoms. The molecule has 132 valence electrons. The first-order valence-corrected chi connectivity index (χ1v) is 8.49. The fourth-order valence-corrected chi connectivity index (χ4v) is 2.34. The normalized spacial score (nSPS) is 10.9. The van der Waals surface area contributed by atoms with E-state index in [-0.39, 0.29) is 12.4 Å². The van der Waals surface area contributed by atoms with Crippen LogP contribution in [0.5, 0.6) is 5.75 Å². The summed E-state index contributed by atoms with van der Waals surface area (Å²) in [5.74, 6) is 0.680. The van der Waals surface area contributed by atoms with E-state index in [0.29, 0.717) is 11.3 Å². The summed E-state index contributed by atoms with van der Waals surface area (Å²) >= 11 is 0. The third-order valence-electron chi connectivity index (χ3n) is 4.13. The van der Waals surface area contributed by atoms with Crippen LogP contribution < -0.4 is 4.74 Å². The molecule has 0 atom stereocenters. The molecule has 4 heteroatoms. The van der Waals surface area contributed by atoms with Gasteiger partial charge in [0.2, 0.25) is 0 Å². The van der Waals surface area contributed by atoms with Crippen molar-refractivity contribution in [1.29, 1.82) is 0 Å². The average molecular weight is 338 g/mol. The van der Waals surface area contributed by atoms with Gasteiger partial charge in [-0.15, -0.1) is 0 Å². The molecule has 0 amide bonds. The number of carbonyl (C=O) groups is 1. The van der Waals surface area contributed by atoms with Gasteiger partial charge in [-0.05, 0) is 63.1 Å². The van der Waals surface area contributed by atoms with Crippen molar-refractivity contribution in [2.45, 2.75) is 27.7 Å². The van der Waals surface area contributed by atoms with Crippen molar-refractivity contribution in [2.24, 2.45) is 4.99 Å². The van der Waals surface area contributed by atoms with Gasteiger partial charge in [0, 0.05) is 19.2 Å². The summed E-state index contributed by atoms with van der Waals surface area (Å²) in [6.07, 6.45) is 1.81. The summed E-state index contributed by atoms with van der Waals surface area (Å²) < 4.78 is 5.61. The molecule has 2 rings (SSSR count). The van der Waals surface area contributed by atoms with Crippen LogP contribution in [0.2, 0.25) is 0 Å². The van der Waals surface area contributed by atoms with Crippen molar-refractivity contribution in [3.63, 3.8) is 0 Å². The van der Waals surface area contributed by atoms with Gasteiger partial charge in [0.1, 0.15) is 5.75 Å². The lowest BCUT2D eigenvalue weighted by atomic mass is 10.0. The first kappa shape index (κ1) is 18.7. The maximum atomic E-state index is 12.5. The molecular formula is C21H26N2O2. The average Bonchev–Trinajstić information content (AvgIpc) is 2.61. The minimum Gasteiger partial charge on any atom is -0.485 e. The van der Waals surface area contributed by atoms with E-state index in [2.05, 4.69) is 11.9 Å². The van der Waals surface area contributed by atoms with E-state index >= 15 is 0 Å². The first-order valence-electron chi connectivity index (χ1n) is 8.49. The Bertz CT molecular complexity index is 764. The molecule has 0 aliphatic rings. The number of hydrogen-bond donors (Lipinski definition) is 0. The minimum absolute atomic E-state index is 0.0256. The number of aliphatic imine (C=N–C) groups is 1. The molecule has 0 aliphatic carbocycles. The molecule has 0 saturated heterocycles. The third kappa shape index (κ3) is 5.18. The number of nitrogens with zero attached hydrogens (tertiary/aromatic N) is 2. The van der Waals surface area contributed by atoms with Crippen LogP contribution in [0, 0.1) is 20.8 Å². The van der Waals surface area contributed by atoms with Gasteiger partial charge in [-0.25, -0.2) is 4.99 Å². The van der Waals surface area contributed by atoms with Gasteiger partial charge in [0.05, 0.1) is 12.0 Å². The van der Waals surface area contributed by atoms with E-state index in [1.54, 1.807) is 0 Å². The first-order chi connectivity index (χ1) is 11.9. The van der Waals surface area contributed by atoms with Crippen LogP contribution in [0.25, 0.3) is 0 Å². The van der Waals surface area contributed by atoms with Crippen LogP contribution in [-0.4, -0.2) is 37.2 Å². The maximum absolute atomic E-state index is 12.5. The molecule has 0 saturated carbocycles. The second kappa shape index (κ2) is 8.47. The lowest BCUT2D eigenvalue weighted by molar-refractivity contribution is 0.0921. The number of benzene rings is 2. The Balaban J connectivity index is 2.10. The Morgan fingerprint density at radius 2 is 1.80 bits per heavy atom. The zero-order valence-corrected chi connectivity index (χ0v) is 15.7. The summed E-state index contributed by atoms with van der Waals surface area (Å²) in [5.41, 5.74) is 4.62. The summed E-state index contributed by atoms with van der Waals surface area (Å²) in [6, 6.07) is 11.5. The summed E-state index contributed by atoms with van der Waals surface area (Å²) in [5, 5.41) is 0. The molecule has 25 heavy (non-hydrogen) atoms. The minimum atomic E-state index is -0.0256. The Labute approximate surface area is 150 Å². The number of aryl methyl sites for hydroxylation is 3. The molecule has 4 nitrogen and oxygen atoms in total. The van der Waals surface area contributed by atoms with Gasteiger partial charge in [0.15, 0.2) is 12.4 Å². The molecule has 0 aromatic heterocycles. The highest BCUT2D eigenvalue weighted by atomic mass is 16.5. The number of carbonyl (C=O) groups excluding carboxylic acids is 1. The molecule has 2 aromatic carbocycles. The molecule has 0 fully saturated rings. The lowest BCUT2D eigenvalue weighted by Gasteiger charge is -2.12. The topological polar surface area (TPSA) is 41.9 Å². The second-order valence-corrected chi connectivity index (χ2v) is 6.30.